The van der Waals surface area contributed by atoms with Crippen LogP contribution in [0.2, 0.25) is 0 Å². The number of carbonyl (C=O) groups is 1. The largest absolute Gasteiger partial charge is 0.497 e. The molecular formula is C15H23N2O5P. The average molecular weight is 342 g/mol. The second-order valence-corrected chi connectivity index (χ2v) is 8.06. The highest BCUT2D eigenvalue weighted by molar-refractivity contribution is 7.64. The van der Waals surface area contributed by atoms with E-state index in [1.165, 1.54) is 0 Å². The van der Waals surface area contributed by atoms with Gasteiger partial charge in [0.15, 0.2) is 0 Å². The van der Waals surface area contributed by atoms with Gasteiger partial charge in [-0.1, -0.05) is 13.8 Å². The summed E-state index contributed by atoms with van der Waals surface area (Å²) in [5.41, 5.74) is 1.67. The zero-order chi connectivity index (χ0) is 17.0. The minimum atomic E-state index is -3.38. The Kier molecular flexibility index (Phi) is 5.81. The first-order valence-corrected chi connectivity index (χ1v) is 9.12. The molecule has 2 N–H and O–H groups in total. The molecular weight excluding hydrogens is 319 g/mol. The number of amides is 1. The van der Waals surface area contributed by atoms with Crippen LogP contribution in [0, 0.1) is 5.92 Å². The first-order chi connectivity index (χ1) is 10.9. The summed E-state index contributed by atoms with van der Waals surface area (Å²) in [5.74, 6) is -0.0768. The molecule has 1 aliphatic rings. The van der Waals surface area contributed by atoms with E-state index in [9.17, 15) is 9.36 Å². The van der Waals surface area contributed by atoms with E-state index in [-0.39, 0.29) is 5.92 Å². The van der Waals surface area contributed by atoms with E-state index in [4.69, 9.17) is 14.5 Å². The zero-order valence-corrected chi connectivity index (χ0v) is 14.5. The topological polar surface area (TPSA) is 88.1 Å². The zero-order valence-electron chi connectivity index (χ0n) is 13.6. The van der Waals surface area contributed by atoms with Crippen LogP contribution < -0.4 is 15.5 Å². The molecule has 23 heavy (non-hydrogen) atoms. The lowest BCUT2D eigenvalue weighted by Gasteiger charge is -2.40. The van der Waals surface area contributed by atoms with E-state index in [1.807, 2.05) is 13.8 Å². The summed E-state index contributed by atoms with van der Waals surface area (Å²) in [6.07, 6.45) is 0.669. The van der Waals surface area contributed by atoms with Crippen molar-refractivity contribution in [2.24, 2.45) is 5.92 Å². The van der Waals surface area contributed by atoms with E-state index < -0.39 is 19.5 Å². The minimum absolute atomic E-state index is 0.143. The molecule has 8 heteroatoms. The van der Waals surface area contributed by atoms with Gasteiger partial charge in [0.05, 0.1) is 19.0 Å². The lowest BCUT2D eigenvalue weighted by Crippen LogP contribution is -2.50. The van der Waals surface area contributed by atoms with Crippen molar-refractivity contribution in [3.8, 4) is 5.75 Å². The molecule has 2 atom stereocenters. The third-order valence-corrected chi connectivity index (χ3v) is 6.47. The van der Waals surface area contributed by atoms with Gasteiger partial charge in [0.2, 0.25) is 0 Å². The predicted molar refractivity (Wildman–Crippen MR) is 86.1 cm³/mol. The van der Waals surface area contributed by atoms with E-state index in [0.29, 0.717) is 30.6 Å². The van der Waals surface area contributed by atoms with Gasteiger partial charge in [0.1, 0.15) is 11.8 Å². The Morgan fingerprint density at radius 2 is 2.04 bits per heavy atom. The number of benzene rings is 1. The summed E-state index contributed by atoms with van der Waals surface area (Å²) in [7, 11) is -1.82. The van der Waals surface area contributed by atoms with Crippen LogP contribution in [0.1, 0.15) is 20.3 Å². The SMILES string of the molecule is COc1ccc(P2(=O)OCCCN2[C@@H](C(=O)NO)C(C)C)cc1. The van der Waals surface area contributed by atoms with Gasteiger partial charge in [-0.2, -0.15) is 0 Å². The van der Waals surface area contributed by atoms with Gasteiger partial charge in [-0.3, -0.25) is 14.6 Å². The second-order valence-electron chi connectivity index (χ2n) is 5.73. The van der Waals surface area contributed by atoms with Gasteiger partial charge < -0.3 is 9.26 Å². The van der Waals surface area contributed by atoms with Crippen molar-refractivity contribution in [3.63, 3.8) is 0 Å². The summed E-state index contributed by atoms with van der Waals surface area (Å²) in [6.45, 7) is 4.50. The van der Waals surface area contributed by atoms with Crippen molar-refractivity contribution >= 4 is 18.7 Å². The number of hydroxylamine groups is 1. The van der Waals surface area contributed by atoms with E-state index >= 15 is 0 Å². The second kappa shape index (κ2) is 7.45. The van der Waals surface area contributed by atoms with E-state index in [2.05, 4.69) is 0 Å². The first-order valence-electron chi connectivity index (χ1n) is 7.54. The lowest BCUT2D eigenvalue weighted by molar-refractivity contribution is -0.135. The maximum Gasteiger partial charge on any atom is 0.303 e. The number of hydrogen-bond donors (Lipinski definition) is 2. The molecule has 128 valence electrons. The molecule has 0 radical (unpaired) electrons. The monoisotopic (exact) mass is 342 g/mol. The maximum absolute atomic E-state index is 13.5. The number of ether oxygens (including phenoxy) is 1. The summed E-state index contributed by atoms with van der Waals surface area (Å²) in [5, 5.41) is 9.53. The van der Waals surface area contributed by atoms with Crippen LogP contribution in [0.25, 0.3) is 0 Å². The molecule has 1 aliphatic heterocycles. The smallest absolute Gasteiger partial charge is 0.303 e. The van der Waals surface area contributed by atoms with Gasteiger partial charge in [0.25, 0.3) is 5.91 Å². The van der Waals surface area contributed by atoms with Gasteiger partial charge in [0, 0.05) is 6.54 Å². The molecule has 1 unspecified atom stereocenters. The van der Waals surface area contributed by atoms with Gasteiger partial charge in [-0.25, -0.2) is 10.2 Å². The van der Waals surface area contributed by atoms with Crippen molar-refractivity contribution in [1.29, 1.82) is 0 Å². The van der Waals surface area contributed by atoms with Crippen LogP contribution in [0.4, 0.5) is 0 Å². The molecule has 1 fully saturated rings. The summed E-state index contributed by atoms with van der Waals surface area (Å²) >= 11 is 0. The van der Waals surface area contributed by atoms with Crippen molar-refractivity contribution in [2.75, 3.05) is 20.3 Å². The Bertz CT molecular complexity index is 590. The third-order valence-electron chi connectivity index (χ3n) is 3.87. The Labute approximate surface area is 136 Å². The van der Waals surface area contributed by atoms with Gasteiger partial charge in [-0.05, 0) is 36.6 Å². The molecule has 0 saturated carbocycles. The van der Waals surface area contributed by atoms with E-state index in [0.717, 1.165) is 0 Å². The molecule has 0 bridgehead atoms. The predicted octanol–water partition coefficient (Wildman–Crippen LogP) is 1.77. The third kappa shape index (κ3) is 3.58. The van der Waals surface area contributed by atoms with E-state index in [1.54, 1.807) is 41.5 Å². The lowest BCUT2D eigenvalue weighted by atomic mass is 10.0. The highest BCUT2D eigenvalue weighted by atomic mass is 31.2. The molecule has 1 amide bonds. The number of carbonyl (C=O) groups excluding carboxylic acids is 1. The van der Waals surface area contributed by atoms with Crippen LogP contribution in [-0.4, -0.2) is 42.1 Å². The first kappa shape index (κ1) is 17.9. The molecule has 0 spiro atoms. The normalized spacial score (nSPS) is 23.5. The highest BCUT2D eigenvalue weighted by Gasteiger charge is 2.44. The van der Waals surface area contributed by atoms with Crippen LogP contribution in [0.3, 0.4) is 0 Å². The van der Waals surface area contributed by atoms with Gasteiger partial charge >= 0.3 is 7.52 Å². The number of nitrogens with zero attached hydrogens (tertiary/aromatic N) is 1. The standard InChI is InChI=1S/C15H23N2O5P/c1-11(2)14(15(18)16-19)17-9-4-10-22-23(17,20)13-7-5-12(21-3)6-8-13/h5-8,11,14,19H,4,9-10H2,1-3H3,(H,16,18)/t14-,23?/m1/s1. The Hall–Kier alpha value is -1.40. The summed E-state index contributed by atoms with van der Waals surface area (Å²) in [4.78, 5) is 12.1. The van der Waals surface area contributed by atoms with Crippen molar-refractivity contribution < 1.29 is 23.8 Å². The number of rotatable bonds is 5. The maximum atomic E-state index is 13.5. The highest BCUT2D eigenvalue weighted by Crippen LogP contribution is 2.54. The summed E-state index contributed by atoms with van der Waals surface area (Å²) < 4.78 is 25.9. The number of methoxy groups -OCH3 is 1. The van der Waals surface area contributed by atoms with Crippen LogP contribution in [-0.2, 0) is 13.9 Å². The summed E-state index contributed by atoms with van der Waals surface area (Å²) in [6, 6.07) is 6.05. The van der Waals surface area contributed by atoms with Crippen LogP contribution >= 0.6 is 7.52 Å². The van der Waals surface area contributed by atoms with Crippen molar-refractivity contribution in [1.82, 2.24) is 10.2 Å². The van der Waals surface area contributed by atoms with Crippen LogP contribution in [0.15, 0.2) is 24.3 Å². The molecule has 1 saturated heterocycles. The molecule has 1 aromatic carbocycles. The Morgan fingerprint density at radius 3 is 2.57 bits per heavy atom. The molecule has 0 aromatic heterocycles. The molecule has 1 heterocycles. The fraction of sp³-hybridized carbons (Fsp3) is 0.533. The molecule has 0 aliphatic carbocycles. The fourth-order valence-corrected chi connectivity index (χ4v) is 5.37. The van der Waals surface area contributed by atoms with Crippen molar-refractivity contribution in [3.05, 3.63) is 24.3 Å². The molecule has 7 nitrogen and oxygen atoms in total. The number of nitrogens with one attached hydrogen (secondary N) is 1. The fourth-order valence-electron chi connectivity index (χ4n) is 2.77. The average Bonchev–Trinajstić information content (AvgIpc) is 2.56. The minimum Gasteiger partial charge on any atom is -0.497 e. The Morgan fingerprint density at radius 1 is 1.39 bits per heavy atom. The van der Waals surface area contributed by atoms with Gasteiger partial charge in [-0.15, -0.1) is 0 Å². The number of hydrogen-bond acceptors (Lipinski definition) is 5. The quantitative estimate of drug-likeness (QED) is 0.482. The van der Waals surface area contributed by atoms with Crippen LogP contribution in [0.5, 0.6) is 5.75 Å². The molecule has 1 aromatic rings. The molecule has 2 rings (SSSR count). The Balaban J connectivity index is 2.42. The van der Waals surface area contributed by atoms with Crippen molar-refractivity contribution in [2.45, 2.75) is 26.3 Å².